The Balaban J connectivity index is 1.74. The molecule has 122 valence electrons. The lowest BCUT2D eigenvalue weighted by Gasteiger charge is -2.30. The van der Waals surface area contributed by atoms with Crippen LogP contribution in [0.4, 0.5) is 0 Å². The van der Waals surface area contributed by atoms with Gasteiger partial charge in [-0.2, -0.15) is 0 Å². The van der Waals surface area contributed by atoms with Gasteiger partial charge in [-0.25, -0.2) is 0 Å². The Kier molecular flexibility index (Phi) is 6.09. The number of rotatable bonds is 5. The monoisotopic (exact) mass is 343 g/mol. The molecule has 0 amide bonds. The largest absolute Gasteiger partial charge is 0.316 e. The van der Waals surface area contributed by atoms with Crippen LogP contribution in [0.25, 0.3) is 0 Å². The van der Waals surface area contributed by atoms with E-state index in [1.54, 1.807) is 0 Å². The molecule has 1 fully saturated rings. The lowest BCUT2D eigenvalue weighted by Crippen LogP contribution is -2.34. The molecule has 0 bridgehead atoms. The van der Waals surface area contributed by atoms with Gasteiger partial charge < -0.3 is 5.32 Å². The van der Waals surface area contributed by atoms with Crippen LogP contribution in [0.1, 0.15) is 24.0 Å². The third-order valence-corrected chi connectivity index (χ3v) is 7.17. The Morgan fingerprint density at radius 1 is 0.870 bits per heavy atom. The van der Waals surface area contributed by atoms with Gasteiger partial charge in [0.1, 0.15) is 0 Å². The Labute approximate surface area is 148 Å². The molecule has 0 saturated carbocycles. The van der Waals surface area contributed by atoms with Crippen LogP contribution in [0.15, 0.2) is 58.3 Å². The molecule has 1 aliphatic rings. The van der Waals surface area contributed by atoms with Gasteiger partial charge in [-0.3, -0.25) is 0 Å². The Morgan fingerprint density at radius 2 is 1.39 bits per heavy atom. The van der Waals surface area contributed by atoms with E-state index in [-0.39, 0.29) is 0 Å². The van der Waals surface area contributed by atoms with Crippen LogP contribution >= 0.6 is 23.5 Å². The predicted molar refractivity (Wildman–Crippen MR) is 103 cm³/mol. The van der Waals surface area contributed by atoms with E-state index in [0.717, 1.165) is 12.5 Å². The van der Waals surface area contributed by atoms with Gasteiger partial charge >= 0.3 is 0 Å². The second kappa shape index (κ2) is 8.27. The van der Waals surface area contributed by atoms with Gasteiger partial charge in [0.2, 0.25) is 0 Å². The summed E-state index contributed by atoms with van der Waals surface area (Å²) in [5.41, 5.74) is 2.66. The molecule has 2 aromatic carbocycles. The van der Waals surface area contributed by atoms with Crippen molar-refractivity contribution in [3.8, 4) is 0 Å². The van der Waals surface area contributed by atoms with E-state index in [1.165, 1.54) is 40.3 Å². The van der Waals surface area contributed by atoms with E-state index in [9.17, 15) is 0 Å². The summed E-state index contributed by atoms with van der Waals surface area (Å²) in [4.78, 5) is 2.76. The summed E-state index contributed by atoms with van der Waals surface area (Å²) in [5.74, 6) is 0.723. The van der Waals surface area contributed by atoms with Crippen molar-refractivity contribution < 1.29 is 0 Å². The van der Waals surface area contributed by atoms with Crippen molar-refractivity contribution in [3.63, 3.8) is 0 Å². The number of thioether (sulfide) groups is 2. The third kappa shape index (κ3) is 5.03. The third-order valence-electron chi connectivity index (χ3n) is 4.27. The molecule has 1 atom stereocenters. The van der Waals surface area contributed by atoms with Gasteiger partial charge in [0, 0.05) is 9.79 Å². The molecule has 0 aliphatic carbocycles. The number of piperidine rings is 1. The maximum Gasteiger partial charge on any atom is 0.0637 e. The molecule has 0 aromatic heterocycles. The van der Waals surface area contributed by atoms with Gasteiger partial charge in [0.25, 0.3) is 0 Å². The first-order valence-electron chi connectivity index (χ1n) is 8.38. The Morgan fingerprint density at radius 3 is 1.83 bits per heavy atom. The standard InChI is InChI=1S/C20H25NS2/c1-15-5-9-18(10-6-15)22-20(17-4-3-13-21-14-17)23-19-11-7-16(2)8-12-19/h5-12,17,20-21H,3-4,13-14H2,1-2H3. The second-order valence-electron chi connectivity index (χ2n) is 6.34. The fraction of sp³-hybridized carbons (Fsp3) is 0.400. The van der Waals surface area contributed by atoms with Gasteiger partial charge in [0.05, 0.1) is 4.58 Å². The van der Waals surface area contributed by atoms with E-state index in [2.05, 4.69) is 67.7 Å². The number of nitrogens with one attached hydrogen (secondary N) is 1. The highest BCUT2D eigenvalue weighted by atomic mass is 32.2. The molecule has 1 N–H and O–H groups in total. The van der Waals surface area contributed by atoms with E-state index in [0.29, 0.717) is 4.58 Å². The van der Waals surface area contributed by atoms with Crippen molar-refractivity contribution in [1.82, 2.24) is 5.32 Å². The van der Waals surface area contributed by atoms with Crippen LogP contribution in [0.3, 0.4) is 0 Å². The van der Waals surface area contributed by atoms with Crippen LogP contribution in [0, 0.1) is 19.8 Å². The zero-order chi connectivity index (χ0) is 16.1. The SMILES string of the molecule is Cc1ccc(SC(Sc2ccc(C)cc2)C2CCCNC2)cc1. The van der Waals surface area contributed by atoms with Crippen LogP contribution in [-0.4, -0.2) is 17.7 Å². The average Bonchev–Trinajstić information content (AvgIpc) is 2.59. The molecule has 0 spiro atoms. The van der Waals surface area contributed by atoms with Crippen molar-refractivity contribution in [2.75, 3.05) is 13.1 Å². The molecule has 1 saturated heterocycles. The molecule has 1 unspecified atom stereocenters. The summed E-state index contributed by atoms with van der Waals surface area (Å²) in [6, 6.07) is 17.9. The average molecular weight is 344 g/mol. The maximum atomic E-state index is 3.58. The summed E-state index contributed by atoms with van der Waals surface area (Å²) >= 11 is 4.05. The normalized spacial score (nSPS) is 18.3. The van der Waals surface area contributed by atoms with E-state index >= 15 is 0 Å². The fourth-order valence-corrected chi connectivity index (χ4v) is 5.66. The minimum Gasteiger partial charge on any atom is -0.316 e. The minimum atomic E-state index is 0.563. The Hall–Kier alpha value is -0.900. The predicted octanol–water partition coefficient (Wildman–Crippen LogP) is 5.51. The zero-order valence-corrected chi connectivity index (χ0v) is 15.6. The summed E-state index contributed by atoms with van der Waals surface area (Å²) in [6.07, 6.45) is 2.62. The molecule has 1 nitrogen and oxygen atoms in total. The highest BCUT2D eigenvalue weighted by molar-refractivity contribution is 8.17. The molecule has 1 heterocycles. The molecular formula is C20H25NS2. The van der Waals surface area contributed by atoms with Crippen LogP contribution in [0.5, 0.6) is 0 Å². The second-order valence-corrected chi connectivity index (χ2v) is 9.06. The number of hydrogen-bond donors (Lipinski definition) is 1. The summed E-state index contributed by atoms with van der Waals surface area (Å²) in [5, 5.41) is 3.58. The molecule has 3 heteroatoms. The minimum absolute atomic E-state index is 0.563. The summed E-state index contributed by atoms with van der Waals surface area (Å²) < 4.78 is 0.563. The highest BCUT2D eigenvalue weighted by Crippen LogP contribution is 2.41. The van der Waals surface area contributed by atoms with Crippen molar-refractivity contribution in [1.29, 1.82) is 0 Å². The maximum absolute atomic E-state index is 3.58. The van der Waals surface area contributed by atoms with Crippen LogP contribution in [0.2, 0.25) is 0 Å². The number of aryl methyl sites for hydroxylation is 2. The van der Waals surface area contributed by atoms with Gasteiger partial charge in [-0.05, 0) is 70.0 Å². The number of hydrogen-bond acceptors (Lipinski definition) is 3. The molecule has 3 rings (SSSR count). The molecular weight excluding hydrogens is 318 g/mol. The first kappa shape index (κ1) is 16.9. The zero-order valence-electron chi connectivity index (χ0n) is 13.9. The molecule has 1 aliphatic heterocycles. The van der Waals surface area contributed by atoms with Crippen LogP contribution in [-0.2, 0) is 0 Å². The summed E-state index contributed by atoms with van der Waals surface area (Å²) in [6.45, 7) is 6.62. The van der Waals surface area contributed by atoms with E-state index < -0.39 is 0 Å². The summed E-state index contributed by atoms with van der Waals surface area (Å²) in [7, 11) is 0. The van der Waals surface area contributed by atoms with E-state index in [4.69, 9.17) is 0 Å². The Bertz CT molecular complexity index is 553. The lowest BCUT2D eigenvalue weighted by molar-refractivity contribution is 0.400. The van der Waals surface area contributed by atoms with Gasteiger partial charge in [-0.15, -0.1) is 23.5 Å². The van der Waals surface area contributed by atoms with Gasteiger partial charge in [0.15, 0.2) is 0 Å². The quantitative estimate of drug-likeness (QED) is 0.567. The lowest BCUT2D eigenvalue weighted by atomic mass is 10.0. The van der Waals surface area contributed by atoms with Crippen molar-refractivity contribution in [2.45, 2.75) is 41.1 Å². The first-order chi connectivity index (χ1) is 11.2. The van der Waals surface area contributed by atoms with Gasteiger partial charge in [-0.1, -0.05) is 35.4 Å². The van der Waals surface area contributed by atoms with Crippen molar-refractivity contribution in [3.05, 3.63) is 59.7 Å². The van der Waals surface area contributed by atoms with Crippen molar-refractivity contribution in [2.24, 2.45) is 5.92 Å². The first-order valence-corrected chi connectivity index (χ1v) is 10.1. The topological polar surface area (TPSA) is 12.0 Å². The molecule has 23 heavy (non-hydrogen) atoms. The fourth-order valence-electron chi connectivity index (χ4n) is 2.83. The van der Waals surface area contributed by atoms with Crippen molar-refractivity contribution >= 4 is 23.5 Å². The smallest absolute Gasteiger partial charge is 0.0637 e. The van der Waals surface area contributed by atoms with E-state index in [1.807, 2.05) is 23.5 Å². The number of benzene rings is 2. The molecule has 2 aromatic rings. The highest BCUT2D eigenvalue weighted by Gasteiger charge is 2.25. The molecule has 0 radical (unpaired) electrons. The van der Waals surface area contributed by atoms with Crippen LogP contribution < -0.4 is 5.32 Å².